The van der Waals surface area contributed by atoms with E-state index in [1.807, 2.05) is 27.7 Å². The Morgan fingerprint density at radius 1 is 0.923 bits per heavy atom. The Labute approximate surface area is 151 Å². The van der Waals surface area contributed by atoms with Crippen LogP contribution in [0.3, 0.4) is 0 Å². The van der Waals surface area contributed by atoms with Crippen molar-refractivity contribution in [2.75, 3.05) is 32.7 Å². The summed E-state index contributed by atoms with van der Waals surface area (Å²) < 4.78 is 1.98. The third kappa shape index (κ3) is 3.70. The Morgan fingerprint density at radius 2 is 1.73 bits per heavy atom. The van der Waals surface area contributed by atoms with Crippen LogP contribution in [0.1, 0.15) is 16.8 Å². The fourth-order valence-electron chi connectivity index (χ4n) is 3.27. The minimum atomic E-state index is 0.0678. The van der Waals surface area contributed by atoms with Crippen LogP contribution in [0.4, 0.5) is 0 Å². The predicted octanol–water partition coefficient (Wildman–Crippen LogP) is 1.07. The number of hydrogen-bond donors (Lipinski definition) is 0. The van der Waals surface area contributed by atoms with Gasteiger partial charge in [-0.1, -0.05) is 0 Å². The number of hydrogen-bond acceptors (Lipinski definition) is 6. The van der Waals surface area contributed by atoms with E-state index in [4.69, 9.17) is 0 Å². The average Bonchev–Trinajstić information content (AvgIpc) is 3.09. The molecule has 1 amide bonds. The van der Waals surface area contributed by atoms with Gasteiger partial charge in [0.1, 0.15) is 12.7 Å². The SMILES string of the molecule is O=C(c1ccc2nccnc2c1)N1CCCN(CCn2cnnc2)CC1. The van der Waals surface area contributed by atoms with Crippen LogP contribution < -0.4 is 0 Å². The van der Waals surface area contributed by atoms with Crippen molar-refractivity contribution < 1.29 is 4.79 Å². The molecular weight excluding hydrogens is 330 g/mol. The van der Waals surface area contributed by atoms with Gasteiger partial charge in [0, 0.05) is 50.7 Å². The summed E-state index contributed by atoms with van der Waals surface area (Å²) in [5, 5.41) is 7.65. The molecule has 4 rings (SSSR count). The van der Waals surface area contributed by atoms with Crippen LogP contribution in [0, 0.1) is 0 Å². The molecule has 1 aliphatic heterocycles. The molecule has 0 radical (unpaired) electrons. The number of carbonyl (C=O) groups is 1. The van der Waals surface area contributed by atoms with Gasteiger partial charge in [0.15, 0.2) is 0 Å². The van der Waals surface area contributed by atoms with Gasteiger partial charge in [0.05, 0.1) is 11.0 Å². The van der Waals surface area contributed by atoms with Crippen molar-refractivity contribution in [1.29, 1.82) is 0 Å². The molecule has 1 aliphatic rings. The first kappa shape index (κ1) is 16.6. The highest BCUT2D eigenvalue weighted by Gasteiger charge is 2.20. The number of aromatic nitrogens is 5. The van der Waals surface area contributed by atoms with E-state index in [-0.39, 0.29) is 5.91 Å². The highest BCUT2D eigenvalue weighted by molar-refractivity contribution is 5.97. The molecular formula is C18H21N7O. The Bertz CT molecular complexity index is 880. The molecule has 0 atom stereocenters. The van der Waals surface area contributed by atoms with Crippen LogP contribution in [0.25, 0.3) is 11.0 Å². The van der Waals surface area contributed by atoms with Gasteiger partial charge in [-0.05, 0) is 31.2 Å². The average molecular weight is 351 g/mol. The molecule has 0 bridgehead atoms. The van der Waals surface area contributed by atoms with Gasteiger partial charge in [0.2, 0.25) is 0 Å². The van der Waals surface area contributed by atoms with Gasteiger partial charge in [-0.2, -0.15) is 0 Å². The monoisotopic (exact) mass is 351 g/mol. The number of amides is 1. The van der Waals surface area contributed by atoms with Gasteiger partial charge in [-0.3, -0.25) is 19.7 Å². The topological polar surface area (TPSA) is 80.0 Å². The van der Waals surface area contributed by atoms with Crippen LogP contribution in [0.2, 0.25) is 0 Å². The second-order valence-electron chi connectivity index (χ2n) is 6.45. The zero-order valence-electron chi connectivity index (χ0n) is 14.5. The Balaban J connectivity index is 1.38. The highest BCUT2D eigenvalue weighted by atomic mass is 16.2. The van der Waals surface area contributed by atoms with E-state index < -0.39 is 0 Å². The highest BCUT2D eigenvalue weighted by Crippen LogP contribution is 2.14. The molecule has 0 saturated carbocycles. The first-order valence-electron chi connectivity index (χ1n) is 8.84. The maximum atomic E-state index is 12.9. The number of carbonyl (C=O) groups excluding carboxylic acids is 1. The van der Waals surface area contributed by atoms with Gasteiger partial charge >= 0.3 is 0 Å². The molecule has 3 aromatic rings. The van der Waals surface area contributed by atoms with Crippen molar-refractivity contribution in [1.82, 2.24) is 34.5 Å². The summed E-state index contributed by atoms with van der Waals surface area (Å²) in [7, 11) is 0. The lowest BCUT2D eigenvalue weighted by Crippen LogP contribution is -2.36. The Hall–Kier alpha value is -2.87. The van der Waals surface area contributed by atoms with E-state index >= 15 is 0 Å². The molecule has 0 N–H and O–H groups in total. The number of nitrogens with zero attached hydrogens (tertiary/aromatic N) is 7. The fraction of sp³-hybridized carbons (Fsp3) is 0.389. The van der Waals surface area contributed by atoms with Crippen LogP contribution in [-0.4, -0.2) is 73.2 Å². The molecule has 8 nitrogen and oxygen atoms in total. The van der Waals surface area contributed by atoms with Crippen LogP contribution in [0.15, 0.2) is 43.2 Å². The van der Waals surface area contributed by atoms with Crippen molar-refractivity contribution in [3.05, 3.63) is 48.8 Å². The Morgan fingerprint density at radius 3 is 2.58 bits per heavy atom. The van der Waals surface area contributed by atoms with Gasteiger partial charge in [-0.25, -0.2) is 0 Å². The van der Waals surface area contributed by atoms with Crippen molar-refractivity contribution in [2.45, 2.75) is 13.0 Å². The first-order valence-corrected chi connectivity index (χ1v) is 8.84. The largest absolute Gasteiger partial charge is 0.337 e. The maximum Gasteiger partial charge on any atom is 0.253 e. The molecule has 134 valence electrons. The molecule has 0 aliphatic carbocycles. The molecule has 0 unspecified atom stereocenters. The molecule has 3 heterocycles. The van der Waals surface area contributed by atoms with E-state index in [0.29, 0.717) is 5.56 Å². The summed E-state index contributed by atoms with van der Waals surface area (Å²) in [6.45, 7) is 5.19. The van der Waals surface area contributed by atoms with Crippen molar-refractivity contribution in [2.24, 2.45) is 0 Å². The number of rotatable bonds is 4. The Kier molecular flexibility index (Phi) is 4.83. The summed E-state index contributed by atoms with van der Waals surface area (Å²) in [5.74, 6) is 0.0678. The van der Waals surface area contributed by atoms with Gasteiger partial charge in [-0.15, -0.1) is 10.2 Å². The third-order valence-electron chi connectivity index (χ3n) is 4.73. The lowest BCUT2D eigenvalue weighted by Gasteiger charge is -2.22. The second kappa shape index (κ2) is 7.57. The minimum absolute atomic E-state index is 0.0678. The molecule has 26 heavy (non-hydrogen) atoms. The number of fused-ring (bicyclic) bond motifs is 1. The normalized spacial score (nSPS) is 15.9. The zero-order valence-corrected chi connectivity index (χ0v) is 14.5. The first-order chi connectivity index (χ1) is 12.8. The summed E-state index contributed by atoms with van der Waals surface area (Å²) in [6.07, 6.45) is 7.75. The predicted molar refractivity (Wildman–Crippen MR) is 96.5 cm³/mol. The zero-order chi connectivity index (χ0) is 17.8. The standard InChI is InChI=1S/C18H21N7O/c26-18(15-2-3-16-17(12-15)20-5-4-19-16)25-7-1-6-23(10-11-25)8-9-24-13-21-22-14-24/h2-5,12-14H,1,6-11H2. The van der Waals surface area contributed by atoms with Crippen molar-refractivity contribution in [3.63, 3.8) is 0 Å². The van der Waals surface area contributed by atoms with Crippen LogP contribution in [-0.2, 0) is 6.54 Å². The van der Waals surface area contributed by atoms with E-state index in [1.165, 1.54) is 0 Å². The van der Waals surface area contributed by atoms with E-state index in [2.05, 4.69) is 25.1 Å². The van der Waals surface area contributed by atoms with E-state index in [1.54, 1.807) is 25.0 Å². The quantitative estimate of drug-likeness (QED) is 0.699. The molecule has 1 fully saturated rings. The van der Waals surface area contributed by atoms with E-state index in [0.717, 1.165) is 56.7 Å². The van der Waals surface area contributed by atoms with E-state index in [9.17, 15) is 4.79 Å². The minimum Gasteiger partial charge on any atom is -0.337 e. The van der Waals surface area contributed by atoms with Gasteiger partial charge in [0.25, 0.3) is 5.91 Å². The fourth-order valence-corrected chi connectivity index (χ4v) is 3.27. The summed E-state index contributed by atoms with van der Waals surface area (Å²) in [6, 6.07) is 5.53. The van der Waals surface area contributed by atoms with Crippen molar-refractivity contribution in [3.8, 4) is 0 Å². The lowest BCUT2D eigenvalue weighted by atomic mass is 10.1. The molecule has 0 spiro atoms. The molecule has 8 heteroatoms. The van der Waals surface area contributed by atoms with Crippen molar-refractivity contribution >= 4 is 16.9 Å². The number of benzene rings is 1. The summed E-state index contributed by atoms with van der Waals surface area (Å²) in [5.41, 5.74) is 2.24. The second-order valence-corrected chi connectivity index (χ2v) is 6.45. The smallest absolute Gasteiger partial charge is 0.253 e. The van der Waals surface area contributed by atoms with Gasteiger partial charge < -0.3 is 9.47 Å². The maximum absolute atomic E-state index is 12.9. The summed E-state index contributed by atoms with van der Waals surface area (Å²) >= 11 is 0. The third-order valence-corrected chi connectivity index (χ3v) is 4.73. The summed E-state index contributed by atoms with van der Waals surface area (Å²) in [4.78, 5) is 25.8. The lowest BCUT2D eigenvalue weighted by molar-refractivity contribution is 0.0761. The van der Waals surface area contributed by atoms with Crippen LogP contribution >= 0.6 is 0 Å². The van der Waals surface area contributed by atoms with Crippen LogP contribution in [0.5, 0.6) is 0 Å². The molecule has 2 aromatic heterocycles. The molecule has 1 aromatic carbocycles. The molecule has 1 saturated heterocycles.